The van der Waals surface area contributed by atoms with Gasteiger partial charge in [-0.1, -0.05) is 237 Å². The number of rotatable bonds is 23. The smallest absolute Gasteiger partial charge is 0.224 e. The Hall–Kier alpha value is -11.9. The molecule has 0 aliphatic heterocycles. The van der Waals surface area contributed by atoms with E-state index in [2.05, 4.69) is 267 Å². The number of fused-ring (bicyclic) bond motifs is 1. The van der Waals surface area contributed by atoms with E-state index in [0.717, 1.165) is 70.6 Å². The summed E-state index contributed by atoms with van der Waals surface area (Å²) in [7, 11) is 7.15. The lowest BCUT2D eigenvalue weighted by atomic mass is 9.86. The van der Waals surface area contributed by atoms with Crippen LogP contribution in [0.4, 0.5) is 39.8 Å². The maximum absolute atomic E-state index is 12.2. The first-order chi connectivity index (χ1) is 54.8. The molecule has 17 nitrogen and oxygen atoms in total. The third-order valence-corrected chi connectivity index (χ3v) is 19.4. The third-order valence-electron chi connectivity index (χ3n) is 19.4. The lowest BCUT2D eigenvalue weighted by Crippen LogP contribution is -2.14. The molecule has 2 heterocycles. The minimum atomic E-state index is -0.0322. The molecule has 17 heteroatoms. The fourth-order valence-corrected chi connectivity index (χ4v) is 12.1. The first kappa shape index (κ1) is 91.3. The van der Waals surface area contributed by atoms with Crippen LogP contribution in [0, 0.1) is 0 Å². The largest absolute Gasteiger partial charge is 0.497 e. The van der Waals surface area contributed by atoms with E-state index in [9.17, 15) is 24.0 Å². The van der Waals surface area contributed by atoms with Gasteiger partial charge in [0.1, 0.15) is 11.5 Å². The van der Waals surface area contributed by atoms with Gasteiger partial charge in [0.15, 0.2) is 0 Å². The van der Waals surface area contributed by atoms with E-state index in [4.69, 9.17) is 15.2 Å². The summed E-state index contributed by atoms with van der Waals surface area (Å²) in [5.41, 5.74) is 25.3. The van der Waals surface area contributed by atoms with Crippen LogP contribution in [0.25, 0.3) is 10.9 Å². The van der Waals surface area contributed by atoms with Crippen molar-refractivity contribution < 1.29 is 33.4 Å². The number of hydrogen-bond donors (Lipinski definition) is 7. The second-order valence-corrected chi connectivity index (χ2v) is 34.6. The topological polar surface area (TPSA) is 235 Å². The molecule has 116 heavy (non-hydrogen) atoms. The second kappa shape index (κ2) is 43.0. The van der Waals surface area contributed by atoms with Crippen LogP contribution in [0.5, 0.6) is 11.5 Å². The number of aryl methyl sites for hydroxylation is 5. The van der Waals surface area contributed by atoms with E-state index >= 15 is 0 Å². The molecule has 0 saturated heterocycles. The van der Waals surface area contributed by atoms with Gasteiger partial charge in [-0.25, -0.2) is 0 Å². The van der Waals surface area contributed by atoms with Crippen molar-refractivity contribution in [3.8, 4) is 11.5 Å². The van der Waals surface area contributed by atoms with E-state index in [1.807, 2.05) is 79.7 Å². The molecule has 0 saturated carbocycles. The lowest BCUT2D eigenvalue weighted by Gasteiger charge is -2.19. The fourth-order valence-electron chi connectivity index (χ4n) is 12.1. The van der Waals surface area contributed by atoms with Gasteiger partial charge in [-0.15, -0.1) is 0 Å². The van der Waals surface area contributed by atoms with Gasteiger partial charge in [-0.2, -0.15) is 5.10 Å². The van der Waals surface area contributed by atoms with Crippen LogP contribution < -0.4 is 46.7 Å². The van der Waals surface area contributed by atoms with Crippen LogP contribution in [0.3, 0.4) is 0 Å². The van der Waals surface area contributed by atoms with Crippen molar-refractivity contribution in [3.05, 3.63) is 293 Å². The minimum Gasteiger partial charge on any atom is -0.497 e. The summed E-state index contributed by atoms with van der Waals surface area (Å²) in [5.74, 6) is 1.35. The number of nitrogen functional groups attached to an aromatic ring is 1. The molecule has 0 bridgehead atoms. The number of nitrogens with one attached hydrogen (secondary N) is 6. The standard InChI is InChI=1S/C21H28N2O.C21H27NO3.C20H23N3O.C19H24N2O.C18H22N2O/c1-21(2,3)17-12-9-16(10-13-17)11-14-20(24)22-18-7-6-8-19(15-18)23(4)5;1-21(2,3)16-9-6-15(7-10-16)8-11-20(23)22-17-12-18(24-4)14-19(13-17)25-5;1-20(2,3)16-8-4-14(5-9-16)6-11-19(24)22-17-10-7-15-13-21-23-18(15)12-17;1-19(2,3)15-10-7-14(8-11-15)9-12-18(22)21-17-6-4-5-16(20)13-17;1-18(2,3)15-9-6-14(7-10-15)8-11-17(21)20-16-5-4-12-19-13-16/h6-10,12-13,15H,11,14H2,1-5H3,(H,22,24);6-7,9-10,12-14H,8,11H2,1-5H3,(H,22,23);4-5,7-10,12-13H,6,11H2,1-3H3,(H,21,23)(H,22,24);4-8,10-11,13H,9,12,20H2,1-3H3,(H,21,22);4-7,9-10,12-13H,8,11H2,1-3H3,(H,20,21). The summed E-state index contributed by atoms with van der Waals surface area (Å²) < 4.78 is 10.4. The number of anilines is 7. The number of ether oxygens (including phenoxy) is 2. The summed E-state index contributed by atoms with van der Waals surface area (Å²) in [4.78, 5) is 66.4. The normalized spacial score (nSPS) is 11.3. The SMILES string of the molecule is CC(C)(C)c1ccc(CCC(=O)Nc2ccc3cn[nH]c3c2)cc1.CC(C)(C)c1ccc(CCC(=O)Nc2cccc(N)c2)cc1.CC(C)(C)c1ccc(CCC(=O)Nc2cccnc2)cc1.CN(C)c1cccc(NC(=O)CCc2ccc(C(C)(C)C)cc2)c1.COc1cc(NC(=O)CCc2ccc(C(C)(C)C)cc2)cc(OC)c1. The summed E-state index contributed by atoms with van der Waals surface area (Å²) in [5, 5.41) is 22.5. The van der Waals surface area contributed by atoms with E-state index in [1.54, 1.807) is 69.2 Å². The van der Waals surface area contributed by atoms with Gasteiger partial charge in [-0.05, 0) is 182 Å². The van der Waals surface area contributed by atoms with Crippen molar-refractivity contribution in [2.24, 2.45) is 0 Å². The van der Waals surface area contributed by atoms with Crippen LogP contribution in [0.1, 0.15) is 192 Å². The van der Waals surface area contributed by atoms with Crippen LogP contribution in [-0.2, 0) is 83.2 Å². The molecule has 8 N–H and O–H groups in total. The van der Waals surface area contributed by atoms with Crippen LogP contribution in [0.15, 0.2) is 237 Å². The average molecular weight is 1570 g/mol. The number of H-pyrrole nitrogens is 1. The number of amides is 5. The zero-order valence-corrected chi connectivity index (χ0v) is 71.9. The monoisotopic (exact) mass is 1560 g/mol. The van der Waals surface area contributed by atoms with Crippen molar-refractivity contribution in [2.75, 3.05) is 65.5 Å². The van der Waals surface area contributed by atoms with Gasteiger partial charge in [0.05, 0.1) is 37.8 Å². The van der Waals surface area contributed by atoms with Crippen molar-refractivity contribution in [3.63, 3.8) is 0 Å². The van der Waals surface area contributed by atoms with Gasteiger partial charge < -0.3 is 46.7 Å². The van der Waals surface area contributed by atoms with E-state index in [-0.39, 0.29) is 56.6 Å². The molecule has 0 fully saturated rings. The molecule has 0 unspecified atom stereocenters. The Morgan fingerprint density at radius 2 is 0.672 bits per heavy atom. The summed E-state index contributed by atoms with van der Waals surface area (Å²) in [6.07, 6.45) is 11.1. The van der Waals surface area contributed by atoms with Crippen molar-refractivity contribution in [2.45, 2.75) is 195 Å². The molecule has 11 rings (SSSR count). The number of carbonyl (C=O) groups is 5. The van der Waals surface area contributed by atoms with Crippen LogP contribution >= 0.6 is 0 Å². The predicted molar refractivity (Wildman–Crippen MR) is 482 cm³/mol. The number of nitrogens with two attached hydrogens (primary N) is 1. The Balaban J connectivity index is 0.000000201. The van der Waals surface area contributed by atoms with Crippen LogP contribution in [-0.4, -0.2) is 73.0 Å². The summed E-state index contributed by atoms with van der Waals surface area (Å²) in [6.45, 7) is 33.0. The number of methoxy groups -OCH3 is 2. The lowest BCUT2D eigenvalue weighted by molar-refractivity contribution is -0.117. The molecular weight excluding hydrogens is 1440 g/mol. The van der Waals surface area contributed by atoms with Crippen LogP contribution in [0.2, 0.25) is 0 Å². The Morgan fingerprint density at radius 3 is 0.991 bits per heavy atom. The Bertz CT molecular complexity index is 4880. The zero-order chi connectivity index (χ0) is 84.8. The second-order valence-electron chi connectivity index (χ2n) is 34.6. The Kier molecular flexibility index (Phi) is 33.9. The van der Waals surface area contributed by atoms with E-state index < -0.39 is 0 Å². The molecule has 0 radical (unpaired) electrons. The molecule has 5 amide bonds. The molecule has 0 aliphatic rings. The molecule has 9 aromatic carbocycles. The highest BCUT2D eigenvalue weighted by Gasteiger charge is 2.19. The number of pyridine rings is 1. The molecule has 612 valence electrons. The number of nitrogens with zero attached hydrogens (tertiary/aromatic N) is 3. The number of carbonyl (C=O) groups excluding carboxylic acids is 5. The fraction of sp³-hybridized carbons (Fsp3) is 0.343. The first-order valence-corrected chi connectivity index (χ1v) is 39.9. The highest BCUT2D eigenvalue weighted by molar-refractivity contribution is 5.95. The summed E-state index contributed by atoms with van der Waals surface area (Å²) >= 11 is 0. The first-order valence-electron chi connectivity index (χ1n) is 39.9. The number of aromatic amines is 1. The molecule has 0 aliphatic carbocycles. The van der Waals surface area contributed by atoms with Gasteiger partial charge in [0.2, 0.25) is 29.5 Å². The molecule has 2 aromatic heterocycles. The maximum Gasteiger partial charge on any atom is 0.224 e. The summed E-state index contributed by atoms with van der Waals surface area (Å²) in [6, 6.07) is 72.4. The maximum atomic E-state index is 12.2. The van der Waals surface area contributed by atoms with Gasteiger partial charge in [0.25, 0.3) is 0 Å². The highest BCUT2D eigenvalue weighted by Crippen LogP contribution is 2.30. The number of benzene rings is 9. The minimum absolute atomic E-state index is 0.00509. The van der Waals surface area contributed by atoms with E-state index in [1.165, 1.54) is 50.1 Å². The molecule has 11 aromatic rings. The predicted octanol–water partition coefficient (Wildman–Crippen LogP) is 21.7. The van der Waals surface area contributed by atoms with E-state index in [0.29, 0.717) is 61.4 Å². The van der Waals surface area contributed by atoms with Gasteiger partial charge in [0, 0.05) is 110 Å². The highest BCUT2D eigenvalue weighted by atomic mass is 16.5. The van der Waals surface area contributed by atoms with Gasteiger partial charge >= 0.3 is 0 Å². The third kappa shape index (κ3) is 32.2. The number of hydrogen-bond acceptors (Lipinski definition) is 11. The number of aromatic nitrogens is 3. The van der Waals surface area contributed by atoms with Crippen molar-refractivity contribution >= 4 is 80.3 Å². The quantitative estimate of drug-likeness (QED) is 0.0298. The Labute approximate surface area is 689 Å². The molecule has 0 spiro atoms. The molecule has 0 atom stereocenters. The van der Waals surface area contributed by atoms with Crippen molar-refractivity contribution in [1.82, 2.24) is 15.2 Å². The van der Waals surface area contributed by atoms with Gasteiger partial charge in [-0.3, -0.25) is 34.1 Å². The average Bonchev–Trinajstić information content (AvgIpc) is 1.34. The zero-order valence-electron chi connectivity index (χ0n) is 71.9. The van der Waals surface area contributed by atoms with Crippen molar-refractivity contribution in [1.29, 1.82) is 0 Å². The molecular formula is C99H124N10O7. The Morgan fingerprint density at radius 1 is 0.353 bits per heavy atom.